The van der Waals surface area contributed by atoms with E-state index in [0.717, 1.165) is 5.56 Å². The quantitative estimate of drug-likeness (QED) is 0.869. The van der Waals surface area contributed by atoms with Crippen LogP contribution in [-0.2, 0) is 11.8 Å². The number of hydrogen-bond acceptors (Lipinski definition) is 4. The summed E-state index contributed by atoms with van der Waals surface area (Å²) in [5.74, 6) is 1.06. The number of halogens is 3. The predicted octanol–water partition coefficient (Wildman–Crippen LogP) is 2.58. The third-order valence-electron chi connectivity index (χ3n) is 4.25. The molecule has 0 saturated carbocycles. The first-order chi connectivity index (χ1) is 10.5. The molecule has 0 saturated heterocycles. The fourth-order valence-electron chi connectivity index (χ4n) is 2.97. The first kappa shape index (κ1) is 17.9. The third kappa shape index (κ3) is 3.26. The normalized spacial score (nSPS) is 17.4. The summed E-state index contributed by atoms with van der Waals surface area (Å²) in [5.41, 5.74) is -2.87. The van der Waals surface area contributed by atoms with Crippen molar-refractivity contribution in [3.8, 4) is 11.5 Å². The molecule has 130 valence electrons. The maximum absolute atomic E-state index is 13.1. The molecule has 7 heteroatoms. The van der Waals surface area contributed by atoms with Crippen molar-refractivity contribution < 1.29 is 32.9 Å². The Morgan fingerprint density at radius 3 is 2.43 bits per heavy atom. The van der Waals surface area contributed by atoms with Gasteiger partial charge < -0.3 is 19.7 Å². The van der Waals surface area contributed by atoms with Gasteiger partial charge in [-0.3, -0.25) is 0 Å². The van der Waals surface area contributed by atoms with Crippen LogP contribution in [-0.4, -0.2) is 42.3 Å². The van der Waals surface area contributed by atoms with Crippen molar-refractivity contribution in [1.82, 2.24) is 0 Å². The molecule has 23 heavy (non-hydrogen) atoms. The zero-order valence-corrected chi connectivity index (χ0v) is 13.3. The molecule has 1 atom stereocenters. The van der Waals surface area contributed by atoms with E-state index in [1.165, 1.54) is 7.11 Å². The summed E-state index contributed by atoms with van der Waals surface area (Å²) in [5, 5.41) is 19.0. The van der Waals surface area contributed by atoms with Gasteiger partial charge in [0.25, 0.3) is 0 Å². The van der Waals surface area contributed by atoms with Crippen LogP contribution in [0.5, 0.6) is 11.5 Å². The van der Waals surface area contributed by atoms with E-state index < -0.39 is 30.2 Å². The van der Waals surface area contributed by atoms with Gasteiger partial charge in [0, 0.05) is 17.5 Å². The molecule has 1 aliphatic heterocycles. The first-order valence-electron chi connectivity index (χ1n) is 7.28. The number of ether oxygens (including phenoxy) is 2. The largest absolute Gasteiger partial charge is 0.497 e. The highest BCUT2D eigenvalue weighted by atomic mass is 19.4. The van der Waals surface area contributed by atoms with Gasteiger partial charge in [-0.1, -0.05) is 13.8 Å². The molecule has 4 nitrogen and oxygen atoms in total. The summed E-state index contributed by atoms with van der Waals surface area (Å²) in [6.45, 7) is 2.22. The van der Waals surface area contributed by atoms with Crippen molar-refractivity contribution in [2.75, 3.05) is 20.3 Å². The average molecular weight is 334 g/mol. The number of rotatable bonds is 5. The maximum atomic E-state index is 13.1. The van der Waals surface area contributed by atoms with Crippen LogP contribution in [0.4, 0.5) is 13.2 Å². The second-order valence-corrected chi connectivity index (χ2v) is 6.51. The van der Waals surface area contributed by atoms with Crippen molar-refractivity contribution in [3.63, 3.8) is 0 Å². The predicted molar refractivity (Wildman–Crippen MR) is 77.9 cm³/mol. The Kier molecular flexibility index (Phi) is 4.56. The maximum Gasteiger partial charge on any atom is 0.419 e. The summed E-state index contributed by atoms with van der Waals surface area (Å²) in [7, 11) is 1.48. The molecule has 0 fully saturated rings. The van der Waals surface area contributed by atoms with Gasteiger partial charge in [0.05, 0.1) is 20.3 Å². The summed E-state index contributed by atoms with van der Waals surface area (Å²) in [6, 6.07) is 3.42. The number of aliphatic hydroxyl groups is 2. The molecule has 0 aliphatic carbocycles. The Balaban J connectivity index is 2.46. The number of benzene rings is 1. The van der Waals surface area contributed by atoms with Crippen LogP contribution < -0.4 is 9.47 Å². The summed E-state index contributed by atoms with van der Waals surface area (Å²) >= 11 is 0. The standard InChI is InChI=1S/C16H21F3O4/c1-14(2,8-15(21,9-20)16(17,18)19)12-7-11(22-3)6-10-4-5-23-13(10)12/h6-7,20-21H,4-5,8-9H2,1-3H3/t15-/m1/s1. The number of methoxy groups -OCH3 is 1. The van der Waals surface area contributed by atoms with Gasteiger partial charge in [0.2, 0.25) is 0 Å². The van der Waals surface area contributed by atoms with Crippen LogP contribution in [0.25, 0.3) is 0 Å². The fraction of sp³-hybridized carbons (Fsp3) is 0.625. The zero-order chi connectivity index (χ0) is 17.5. The lowest BCUT2D eigenvalue weighted by molar-refractivity contribution is -0.277. The molecular weight excluding hydrogens is 313 g/mol. The van der Waals surface area contributed by atoms with Crippen molar-refractivity contribution >= 4 is 0 Å². The van der Waals surface area contributed by atoms with Crippen molar-refractivity contribution in [1.29, 1.82) is 0 Å². The Morgan fingerprint density at radius 2 is 1.91 bits per heavy atom. The fourth-order valence-corrected chi connectivity index (χ4v) is 2.97. The zero-order valence-electron chi connectivity index (χ0n) is 13.3. The van der Waals surface area contributed by atoms with Crippen LogP contribution >= 0.6 is 0 Å². The first-order valence-corrected chi connectivity index (χ1v) is 7.28. The minimum Gasteiger partial charge on any atom is -0.497 e. The van der Waals surface area contributed by atoms with Gasteiger partial charge in [-0.15, -0.1) is 0 Å². The van der Waals surface area contributed by atoms with E-state index in [9.17, 15) is 18.3 Å². The van der Waals surface area contributed by atoms with Crippen LogP contribution in [0.1, 0.15) is 31.4 Å². The Hall–Kier alpha value is -1.47. The lowest BCUT2D eigenvalue weighted by Crippen LogP contribution is -2.52. The summed E-state index contributed by atoms with van der Waals surface area (Å²) in [4.78, 5) is 0. The van der Waals surface area contributed by atoms with Crippen molar-refractivity contribution in [3.05, 3.63) is 23.3 Å². The second-order valence-electron chi connectivity index (χ2n) is 6.51. The van der Waals surface area contributed by atoms with E-state index in [1.807, 2.05) is 0 Å². The molecule has 1 aromatic carbocycles. The van der Waals surface area contributed by atoms with Gasteiger partial charge in [0.15, 0.2) is 5.60 Å². The third-order valence-corrected chi connectivity index (χ3v) is 4.25. The van der Waals surface area contributed by atoms with Crippen LogP contribution in [0.3, 0.4) is 0 Å². The Labute approximate surface area is 132 Å². The summed E-state index contributed by atoms with van der Waals surface area (Å²) < 4.78 is 50.1. The van der Waals surface area contributed by atoms with Gasteiger partial charge in [-0.25, -0.2) is 0 Å². The Morgan fingerprint density at radius 1 is 1.26 bits per heavy atom. The topological polar surface area (TPSA) is 58.9 Å². The SMILES string of the molecule is COc1cc2c(c(C(C)(C)C[C@@](O)(CO)C(F)(F)F)c1)OCC2. The van der Waals surface area contributed by atoms with Crippen LogP contribution in [0.15, 0.2) is 12.1 Å². The van der Waals surface area contributed by atoms with E-state index in [1.54, 1.807) is 26.0 Å². The number of aliphatic hydroxyl groups excluding tert-OH is 1. The number of fused-ring (bicyclic) bond motifs is 1. The molecule has 2 rings (SSSR count). The van der Waals surface area contributed by atoms with Gasteiger partial charge in [0.1, 0.15) is 11.5 Å². The highest BCUT2D eigenvalue weighted by Gasteiger charge is 2.56. The Bertz CT molecular complexity index is 583. The monoisotopic (exact) mass is 334 g/mol. The molecule has 0 radical (unpaired) electrons. The molecule has 1 heterocycles. The van der Waals surface area contributed by atoms with Crippen LogP contribution in [0.2, 0.25) is 0 Å². The highest BCUT2D eigenvalue weighted by molar-refractivity contribution is 5.52. The number of alkyl halides is 3. The smallest absolute Gasteiger partial charge is 0.419 e. The lowest BCUT2D eigenvalue weighted by atomic mass is 9.74. The number of hydrogen-bond donors (Lipinski definition) is 2. The molecule has 0 unspecified atom stereocenters. The minimum absolute atomic E-state index is 0.453. The minimum atomic E-state index is -4.93. The van der Waals surface area contributed by atoms with Gasteiger partial charge in [-0.2, -0.15) is 13.2 Å². The van der Waals surface area contributed by atoms with Crippen molar-refractivity contribution in [2.45, 2.75) is 43.9 Å². The van der Waals surface area contributed by atoms with E-state index >= 15 is 0 Å². The van der Waals surface area contributed by atoms with E-state index in [-0.39, 0.29) is 0 Å². The molecule has 0 bridgehead atoms. The average Bonchev–Trinajstić information content (AvgIpc) is 2.92. The molecule has 1 aromatic rings. The molecule has 0 amide bonds. The molecule has 1 aliphatic rings. The highest BCUT2D eigenvalue weighted by Crippen LogP contribution is 2.46. The molecular formula is C16H21F3O4. The molecule has 2 N–H and O–H groups in total. The van der Waals surface area contributed by atoms with E-state index in [0.29, 0.717) is 30.1 Å². The van der Waals surface area contributed by atoms with E-state index in [4.69, 9.17) is 14.6 Å². The van der Waals surface area contributed by atoms with Crippen LogP contribution in [0, 0.1) is 0 Å². The summed E-state index contributed by atoms with van der Waals surface area (Å²) in [6.07, 6.45) is -4.97. The van der Waals surface area contributed by atoms with Crippen molar-refractivity contribution in [2.24, 2.45) is 0 Å². The van der Waals surface area contributed by atoms with E-state index in [2.05, 4.69) is 0 Å². The molecule has 0 aromatic heterocycles. The molecule has 0 spiro atoms. The second kappa shape index (κ2) is 5.87. The lowest BCUT2D eigenvalue weighted by Gasteiger charge is -2.37. The van der Waals surface area contributed by atoms with Gasteiger partial charge >= 0.3 is 6.18 Å². The van der Waals surface area contributed by atoms with Gasteiger partial charge in [-0.05, 0) is 24.0 Å².